The molecule has 0 unspecified atom stereocenters. The third-order valence-electron chi connectivity index (χ3n) is 7.39. The van der Waals surface area contributed by atoms with E-state index in [1.54, 1.807) is 55.7 Å². The summed E-state index contributed by atoms with van der Waals surface area (Å²) in [4.78, 5) is 28.2. The SMILES string of the molecule is Cc1nc(N(C)C2CC2)c2ncn([C@@H]3O[C@H](CO[P@@](=O)(N[C@@H](C)C(=O)OC(C)C)Oc4ccccc4)[C@@H](O)[C@@]3(C)O)c2n1. The number of para-hydroxylation sites is 1. The summed E-state index contributed by atoms with van der Waals surface area (Å²) >= 11 is 0. The zero-order valence-electron chi connectivity index (χ0n) is 25.1. The fraction of sp³-hybridized carbons (Fsp3) is 0.571. The summed E-state index contributed by atoms with van der Waals surface area (Å²) in [6.45, 7) is 7.63. The highest BCUT2D eigenvalue weighted by molar-refractivity contribution is 7.52. The van der Waals surface area contributed by atoms with Gasteiger partial charge in [0, 0.05) is 13.1 Å². The van der Waals surface area contributed by atoms with Crippen LogP contribution in [-0.4, -0.2) is 85.4 Å². The number of esters is 1. The zero-order valence-corrected chi connectivity index (χ0v) is 26.0. The molecule has 14 nitrogen and oxygen atoms in total. The number of benzene rings is 1. The van der Waals surface area contributed by atoms with Crippen molar-refractivity contribution in [1.29, 1.82) is 0 Å². The summed E-state index contributed by atoms with van der Waals surface area (Å²) in [6, 6.07) is 7.64. The lowest BCUT2D eigenvalue weighted by Gasteiger charge is -2.27. The van der Waals surface area contributed by atoms with E-state index in [4.69, 9.17) is 18.5 Å². The predicted octanol–water partition coefficient (Wildman–Crippen LogP) is 2.88. The van der Waals surface area contributed by atoms with Crippen LogP contribution in [0.2, 0.25) is 0 Å². The van der Waals surface area contributed by atoms with E-state index in [0.717, 1.165) is 12.8 Å². The van der Waals surface area contributed by atoms with E-state index in [9.17, 15) is 19.6 Å². The number of nitrogens with one attached hydrogen (secondary N) is 1. The van der Waals surface area contributed by atoms with E-state index >= 15 is 0 Å². The van der Waals surface area contributed by atoms with Crippen molar-refractivity contribution >= 4 is 30.7 Å². The molecule has 1 aliphatic carbocycles. The van der Waals surface area contributed by atoms with Crippen LogP contribution in [0, 0.1) is 6.92 Å². The number of nitrogens with zero attached hydrogens (tertiary/aromatic N) is 5. The van der Waals surface area contributed by atoms with Crippen LogP contribution in [0.3, 0.4) is 0 Å². The van der Waals surface area contributed by atoms with Gasteiger partial charge in [-0.1, -0.05) is 18.2 Å². The maximum absolute atomic E-state index is 13.9. The standard InChI is InChI=1S/C28H39N6O8P/c1-16(2)40-26(36)17(3)32-43(38,42-20-10-8-7-9-11-20)39-14-21-23(35)28(5,37)27(41-21)34-15-29-22-24(33(6)19-12-13-19)30-18(4)31-25(22)34/h7-11,15-17,19,21,23,27,35,37H,12-14H2,1-6H3,(H,32,38)/t17-,21+,23+,27+,28+,43-/m0/s1. The van der Waals surface area contributed by atoms with Crippen LogP contribution in [0.5, 0.6) is 5.75 Å². The summed E-state index contributed by atoms with van der Waals surface area (Å²) < 4.78 is 38.2. The lowest BCUT2D eigenvalue weighted by molar-refractivity contribution is -0.149. The number of aryl methyl sites for hydroxylation is 1. The van der Waals surface area contributed by atoms with Crippen molar-refractivity contribution < 1.29 is 38.1 Å². The number of rotatable bonds is 12. The quantitative estimate of drug-likeness (QED) is 0.200. The maximum atomic E-state index is 13.9. The van der Waals surface area contributed by atoms with Gasteiger partial charge in [0.15, 0.2) is 23.2 Å². The Labute approximate surface area is 249 Å². The first-order valence-electron chi connectivity index (χ1n) is 14.3. The highest BCUT2D eigenvalue weighted by atomic mass is 31.2. The first-order chi connectivity index (χ1) is 20.3. The second kappa shape index (κ2) is 12.1. The van der Waals surface area contributed by atoms with Crippen LogP contribution >= 0.6 is 7.75 Å². The number of hydrogen-bond donors (Lipinski definition) is 3. The topological polar surface area (TPSA) is 170 Å². The molecule has 1 aromatic carbocycles. The number of anilines is 1. The average molecular weight is 619 g/mol. The monoisotopic (exact) mass is 618 g/mol. The number of aliphatic hydroxyl groups is 2. The first kappa shape index (κ1) is 31.3. The second-order valence-electron chi connectivity index (χ2n) is 11.5. The number of imidazole rings is 1. The largest absolute Gasteiger partial charge is 0.462 e. The van der Waals surface area contributed by atoms with Crippen LogP contribution in [0.4, 0.5) is 5.82 Å². The van der Waals surface area contributed by atoms with Crippen LogP contribution in [0.25, 0.3) is 11.2 Å². The second-order valence-corrected chi connectivity index (χ2v) is 13.2. The van der Waals surface area contributed by atoms with Gasteiger partial charge in [-0.15, -0.1) is 0 Å². The lowest BCUT2D eigenvalue weighted by atomic mass is 9.96. The Morgan fingerprint density at radius 2 is 1.95 bits per heavy atom. The number of aromatic nitrogens is 4. The number of hydrogen-bond acceptors (Lipinski definition) is 12. The van der Waals surface area contributed by atoms with E-state index in [2.05, 4.69) is 24.9 Å². The Hall–Kier alpha value is -3.13. The van der Waals surface area contributed by atoms with Crippen molar-refractivity contribution in [2.24, 2.45) is 0 Å². The molecule has 234 valence electrons. The van der Waals surface area contributed by atoms with Crippen LogP contribution in [-0.2, 0) is 23.4 Å². The summed E-state index contributed by atoms with van der Waals surface area (Å²) in [5.74, 6) is 0.779. The number of ether oxygens (including phenoxy) is 2. The Kier molecular flexibility index (Phi) is 8.81. The summed E-state index contributed by atoms with van der Waals surface area (Å²) in [7, 11) is -2.27. The third kappa shape index (κ3) is 6.69. The molecule has 2 fully saturated rings. The summed E-state index contributed by atoms with van der Waals surface area (Å²) in [6.07, 6.45) is -0.462. The fourth-order valence-corrected chi connectivity index (χ4v) is 6.45. The molecule has 0 spiro atoms. The molecule has 0 bridgehead atoms. The molecule has 1 saturated carbocycles. The minimum Gasteiger partial charge on any atom is -0.462 e. The van der Waals surface area contributed by atoms with Gasteiger partial charge >= 0.3 is 13.7 Å². The van der Waals surface area contributed by atoms with Gasteiger partial charge in [-0.3, -0.25) is 13.9 Å². The molecule has 5 rings (SSSR count). The van der Waals surface area contributed by atoms with Crippen molar-refractivity contribution in [1.82, 2.24) is 24.6 Å². The van der Waals surface area contributed by atoms with E-state index < -0.39 is 50.4 Å². The fourth-order valence-electron chi connectivity index (χ4n) is 4.94. The summed E-state index contributed by atoms with van der Waals surface area (Å²) in [5, 5.41) is 25.2. The molecule has 6 atom stereocenters. The molecule has 1 aliphatic heterocycles. The molecule has 3 aromatic rings. The smallest absolute Gasteiger partial charge is 0.459 e. The molecule has 0 amide bonds. The minimum atomic E-state index is -4.23. The van der Waals surface area contributed by atoms with E-state index in [1.807, 2.05) is 7.05 Å². The highest BCUT2D eigenvalue weighted by Crippen LogP contribution is 2.47. The molecule has 2 aliphatic rings. The lowest BCUT2D eigenvalue weighted by Crippen LogP contribution is -2.44. The van der Waals surface area contributed by atoms with Crippen LogP contribution in [0.15, 0.2) is 36.7 Å². The number of carbonyl (C=O) groups is 1. The predicted molar refractivity (Wildman–Crippen MR) is 156 cm³/mol. The molecule has 3 N–H and O–H groups in total. The van der Waals surface area contributed by atoms with Crippen LogP contribution in [0.1, 0.15) is 52.6 Å². The van der Waals surface area contributed by atoms with Gasteiger partial charge in [-0.05, 0) is 59.6 Å². The Morgan fingerprint density at radius 3 is 2.60 bits per heavy atom. The van der Waals surface area contributed by atoms with Gasteiger partial charge in [-0.25, -0.2) is 19.5 Å². The number of carbonyl (C=O) groups excluding carboxylic acids is 1. The Bertz CT molecular complexity index is 1500. The third-order valence-corrected chi connectivity index (χ3v) is 9.03. The molecule has 3 heterocycles. The minimum absolute atomic E-state index is 0.229. The van der Waals surface area contributed by atoms with Gasteiger partial charge in [0.2, 0.25) is 0 Å². The van der Waals surface area contributed by atoms with Crippen molar-refractivity contribution in [3.8, 4) is 5.75 Å². The Morgan fingerprint density at radius 1 is 1.26 bits per heavy atom. The normalized spacial score (nSPS) is 25.9. The van der Waals surface area contributed by atoms with Gasteiger partial charge in [0.25, 0.3) is 0 Å². The van der Waals surface area contributed by atoms with Crippen LogP contribution < -0.4 is 14.5 Å². The van der Waals surface area contributed by atoms with Crippen molar-refractivity contribution in [3.05, 3.63) is 42.5 Å². The number of aliphatic hydroxyl groups excluding tert-OH is 1. The summed E-state index contributed by atoms with van der Waals surface area (Å²) in [5.41, 5.74) is -0.832. The van der Waals surface area contributed by atoms with Gasteiger partial charge in [0.05, 0.1) is 19.0 Å². The van der Waals surface area contributed by atoms with Crippen molar-refractivity contribution in [2.75, 3.05) is 18.6 Å². The van der Waals surface area contributed by atoms with Crippen molar-refractivity contribution in [3.63, 3.8) is 0 Å². The van der Waals surface area contributed by atoms with Gasteiger partial charge in [-0.2, -0.15) is 5.09 Å². The molecular formula is C28H39N6O8P. The molecule has 43 heavy (non-hydrogen) atoms. The van der Waals surface area contributed by atoms with Gasteiger partial charge < -0.3 is 29.1 Å². The highest BCUT2D eigenvalue weighted by Gasteiger charge is 2.54. The Balaban J connectivity index is 1.37. The molecule has 15 heteroatoms. The average Bonchev–Trinajstić information content (AvgIpc) is 3.67. The van der Waals surface area contributed by atoms with E-state index in [0.29, 0.717) is 28.8 Å². The van der Waals surface area contributed by atoms with E-state index in [-0.39, 0.29) is 11.9 Å². The molecule has 0 radical (unpaired) electrons. The molecule has 1 saturated heterocycles. The maximum Gasteiger partial charge on any atom is 0.459 e. The first-order valence-corrected chi connectivity index (χ1v) is 15.8. The van der Waals surface area contributed by atoms with E-state index in [1.165, 1.54) is 20.2 Å². The molecular weight excluding hydrogens is 579 g/mol. The van der Waals surface area contributed by atoms with Crippen molar-refractivity contribution in [2.45, 2.75) is 89.7 Å². The zero-order chi connectivity index (χ0) is 31.1. The van der Waals surface area contributed by atoms with Gasteiger partial charge in [0.1, 0.15) is 35.4 Å². The number of fused-ring (bicyclic) bond motifs is 1. The molecule has 2 aromatic heterocycles.